The molecule has 0 unspecified atom stereocenters. The molecule has 7 nitrogen and oxygen atoms in total. The Hall–Kier alpha value is -3.22. The molecule has 0 aliphatic rings. The van der Waals surface area contributed by atoms with Crippen LogP contribution in [0.2, 0.25) is 0 Å². The van der Waals surface area contributed by atoms with Crippen molar-refractivity contribution in [2.24, 2.45) is 5.10 Å². The van der Waals surface area contributed by atoms with Gasteiger partial charge in [0.25, 0.3) is 5.91 Å². The highest BCUT2D eigenvalue weighted by atomic mass is 16.5. The number of methoxy groups -OCH3 is 2. The van der Waals surface area contributed by atoms with E-state index < -0.39 is 5.91 Å². The van der Waals surface area contributed by atoms with Gasteiger partial charge in [-0.05, 0) is 30.7 Å². The van der Waals surface area contributed by atoms with Crippen LogP contribution >= 0.6 is 0 Å². The lowest BCUT2D eigenvalue weighted by atomic mass is 10.2. The van der Waals surface area contributed by atoms with E-state index in [4.69, 9.17) is 14.2 Å². The molecule has 2 aromatic carbocycles. The lowest BCUT2D eigenvalue weighted by Gasteiger charge is -2.09. The van der Waals surface area contributed by atoms with E-state index >= 15 is 0 Å². The maximum atomic E-state index is 11.8. The van der Waals surface area contributed by atoms with E-state index in [-0.39, 0.29) is 23.9 Å². The number of carbonyl (C=O) groups excluding carboxylic acids is 1. The van der Waals surface area contributed by atoms with E-state index in [1.165, 1.54) is 20.4 Å². The van der Waals surface area contributed by atoms with Crippen LogP contribution in [0.5, 0.6) is 23.0 Å². The number of nitrogens with zero attached hydrogens (tertiary/aromatic N) is 1. The molecule has 2 N–H and O–H groups in total. The third-order valence-electron chi connectivity index (χ3n) is 3.36. The molecule has 0 saturated heterocycles. The molecule has 0 radical (unpaired) electrons. The van der Waals surface area contributed by atoms with Crippen molar-refractivity contribution in [3.8, 4) is 23.0 Å². The predicted octanol–water partition coefficient (Wildman–Crippen LogP) is 2.25. The molecule has 0 bridgehead atoms. The number of aromatic hydroxyl groups is 1. The first-order valence-electron chi connectivity index (χ1n) is 7.50. The van der Waals surface area contributed by atoms with Crippen LogP contribution < -0.4 is 19.6 Å². The number of aryl methyl sites for hydroxylation is 1. The monoisotopic (exact) mass is 344 g/mol. The Morgan fingerprint density at radius 3 is 2.40 bits per heavy atom. The Morgan fingerprint density at radius 1 is 1.16 bits per heavy atom. The van der Waals surface area contributed by atoms with Crippen LogP contribution in [0.25, 0.3) is 0 Å². The van der Waals surface area contributed by atoms with Crippen LogP contribution in [0.4, 0.5) is 0 Å². The Morgan fingerprint density at radius 2 is 1.80 bits per heavy atom. The molecule has 0 saturated carbocycles. The quantitative estimate of drug-likeness (QED) is 0.594. The number of hydrogen-bond donors (Lipinski definition) is 2. The van der Waals surface area contributed by atoms with E-state index in [9.17, 15) is 9.90 Å². The summed E-state index contributed by atoms with van der Waals surface area (Å²) in [4.78, 5) is 11.8. The number of rotatable bonds is 7. The lowest BCUT2D eigenvalue weighted by Crippen LogP contribution is -2.24. The van der Waals surface area contributed by atoms with Crippen molar-refractivity contribution in [2.45, 2.75) is 6.92 Å². The summed E-state index contributed by atoms with van der Waals surface area (Å²) >= 11 is 0. The van der Waals surface area contributed by atoms with Gasteiger partial charge in [0.15, 0.2) is 18.1 Å². The van der Waals surface area contributed by atoms with Crippen molar-refractivity contribution in [2.75, 3.05) is 20.8 Å². The zero-order chi connectivity index (χ0) is 18.2. The zero-order valence-corrected chi connectivity index (χ0v) is 14.3. The van der Waals surface area contributed by atoms with Crippen molar-refractivity contribution in [3.63, 3.8) is 0 Å². The highest BCUT2D eigenvalue weighted by Crippen LogP contribution is 2.36. The van der Waals surface area contributed by atoms with Gasteiger partial charge in [-0.1, -0.05) is 18.2 Å². The third-order valence-corrected chi connectivity index (χ3v) is 3.36. The predicted molar refractivity (Wildman–Crippen MR) is 93.6 cm³/mol. The van der Waals surface area contributed by atoms with Gasteiger partial charge in [0.2, 0.25) is 5.75 Å². The fourth-order valence-corrected chi connectivity index (χ4v) is 2.06. The van der Waals surface area contributed by atoms with Crippen molar-refractivity contribution in [1.29, 1.82) is 0 Å². The second-order valence-corrected chi connectivity index (χ2v) is 5.12. The number of hydrazone groups is 1. The fourth-order valence-electron chi connectivity index (χ4n) is 2.06. The van der Waals surface area contributed by atoms with Gasteiger partial charge in [0, 0.05) is 5.56 Å². The van der Waals surface area contributed by atoms with Crippen molar-refractivity contribution in [1.82, 2.24) is 5.43 Å². The van der Waals surface area contributed by atoms with E-state index in [2.05, 4.69) is 10.5 Å². The highest BCUT2D eigenvalue weighted by molar-refractivity contribution is 5.84. The summed E-state index contributed by atoms with van der Waals surface area (Å²) in [5.41, 5.74) is 3.91. The van der Waals surface area contributed by atoms with Gasteiger partial charge >= 0.3 is 0 Å². The van der Waals surface area contributed by atoms with Gasteiger partial charge in [-0.2, -0.15) is 5.10 Å². The number of para-hydroxylation sites is 1. The minimum absolute atomic E-state index is 0.0992. The number of amides is 1. The van der Waals surface area contributed by atoms with Gasteiger partial charge in [-0.15, -0.1) is 0 Å². The molecule has 1 amide bonds. The Bertz CT molecular complexity index is 749. The van der Waals surface area contributed by atoms with Crippen LogP contribution in [0.1, 0.15) is 11.1 Å². The molecular formula is C18H20N2O5. The maximum Gasteiger partial charge on any atom is 0.277 e. The van der Waals surface area contributed by atoms with Gasteiger partial charge in [0.1, 0.15) is 5.75 Å². The molecular weight excluding hydrogens is 324 g/mol. The van der Waals surface area contributed by atoms with Crippen molar-refractivity contribution >= 4 is 12.1 Å². The molecule has 7 heteroatoms. The number of benzene rings is 2. The minimum Gasteiger partial charge on any atom is -0.502 e. The second kappa shape index (κ2) is 8.58. The zero-order valence-electron chi connectivity index (χ0n) is 14.3. The number of ether oxygens (including phenoxy) is 3. The summed E-state index contributed by atoms with van der Waals surface area (Å²) < 4.78 is 15.5. The Balaban J connectivity index is 1.94. The van der Waals surface area contributed by atoms with Crippen LogP contribution in [-0.2, 0) is 4.79 Å². The number of phenolic OH excluding ortho intramolecular Hbond substituents is 1. The number of phenols is 1. The highest BCUT2D eigenvalue weighted by Gasteiger charge is 2.10. The normalized spacial score (nSPS) is 10.5. The molecule has 0 heterocycles. The standard InChI is InChI=1S/C18H20N2O5/c1-12-6-4-5-7-14(12)25-11-17(21)20-19-10-13-8-15(23-2)18(22)16(9-13)24-3/h4-10,22H,11H2,1-3H3,(H,20,21)/b19-10+. The number of nitrogens with one attached hydrogen (secondary N) is 1. The molecule has 0 fully saturated rings. The first kappa shape index (κ1) is 18.1. The topological polar surface area (TPSA) is 89.4 Å². The minimum atomic E-state index is -0.391. The number of carbonyl (C=O) groups is 1. The molecule has 0 spiro atoms. The molecule has 2 rings (SSSR count). The first-order valence-corrected chi connectivity index (χ1v) is 7.50. The summed E-state index contributed by atoms with van der Waals surface area (Å²) in [7, 11) is 2.86. The van der Waals surface area contributed by atoms with Gasteiger partial charge < -0.3 is 19.3 Å². The molecule has 132 valence electrons. The summed E-state index contributed by atoms with van der Waals surface area (Å²) in [5, 5.41) is 13.7. The largest absolute Gasteiger partial charge is 0.502 e. The maximum absolute atomic E-state index is 11.8. The van der Waals surface area contributed by atoms with Crippen molar-refractivity contribution in [3.05, 3.63) is 47.5 Å². The summed E-state index contributed by atoms with van der Waals surface area (Å²) in [5.74, 6) is 0.648. The third kappa shape index (κ3) is 4.87. The average molecular weight is 344 g/mol. The molecule has 25 heavy (non-hydrogen) atoms. The summed E-state index contributed by atoms with van der Waals surface area (Å²) in [6, 6.07) is 10.6. The Labute approximate surface area is 145 Å². The first-order chi connectivity index (χ1) is 12.0. The van der Waals surface area contributed by atoms with E-state index in [1.807, 2.05) is 25.1 Å². The van der Waals surface area contributed by atoms with Crippen LogP contribution in [0, 0.1) is 6.92 Å². The molecule has 0 aliphatic heterocycles. The van der Waals surface area contributed by atoms with Crippen LogP contribution in [-0.4, -0.2) is 38.1 Å². The molecule has 2 aromatic rings. The molecule has 0 aliphatic carbocycles. The Kier molecular flexibility index (Phi) is 6.22. The van der Waals surface area contributed by atoms with Gasteiger partial charge in [-0.3, -0.25) is 4.79 Å². The van der Waals surface area contributed by atoms with Gasteiger partial charge in [-0.25, -0.2) is 5.43 Å². The van der Waals surface area contributed by atoms with Gasteiger partial charge in [0.05, 0.1) is 20.4 Å². The fraction of sp³-hybridized carbons (Fsp3) is 0.222. The number of hydrogen-bond acceptors (Lipinski definition) is 6. The smallest absolute Gasteiger partial charge is 0.277 e. The molecule has 0 aromatic heterocycles. The van der Waals surface area contributed by atoms with Crippen LogP contribution in [0.15, 0.2) is 41.5 Å². The summed E-state index contributed by atoms with van der Waals surface area (Å²) in [6.07, 6.45) is 1.41. The summed E-state index contributed by atoms with van der Waals surface area (Å²) in [6.45, 7) is 1.75. The second-order valence-electron chi connectivity index (χ2n) is 5.12. The van der Waals surface area contributed by atoms with Crippen molar-refractivity contribution < 1.29 is 24.1 Å². The average Bonchev–Trinajstić information content (AvgIpc) is 2.62. The van der Waals surface area contributed by atoms with E-state index in [0.29, 0.717) is 11.3 Å². The molecule has 0 atom stereocenters. The van der Waals surface area contributed by atoms with E-state index in [0.717, 1.165) is 5.56 Å². The SMILES string of the molecule is COc1cc(/C=N/NC(=O)COc2ccccc2C)cc(OC)c1O. The van der Waals surface area contributed by atoms with Crippen LogP contribution in [0.3, 0.4) is 0 Å². The lowest BCUT2D eigenvalue weighted by molar-refractivity contribution is -0.123. The van der Waals surface area contributed by atoms with E-state index in [1.54, 1.807) is 18.2 Å².